The fourth-order valence-electron chi connectivity index (χ4n) is 2.87. The molecule has 1 aliphatic heterocycles. The van der Waals surface area contributed by atoms with Gasteiger partial charge in [-0.1, -0.05) is 36.4 Å². The van der Waals surface area contributed by atoms with E-state index in [0.717, 1.165) is 22.2 Å². The third-order valence-corrected chi connectivity index (χ3v) is 4.24. The summed E-state index contributed by atoms with van der Waals surface area (Å²) in [5, 5.41) is 1.11. The van der Waals surface area contributed by atoms with Crippen molar-refractivity contribution in [2.24, 2.45) is 0 Å². The number of pyridine rings is 1. The second-order valence-corrected chi connectivity index (χ2v) is 6.07. The highest BCUT2D eigenvalue weighted by Gasteiger charge is 2.31. The fourth-order valence-corrected chi connectivity index (χ4v) is 2.87. The van der Waals surface area contributed by atoms with Gasteiger partial charge in [-0.05, 0) is 29.8 Å². The predicted molar refractivity (Wildman–Crippen MR) is 94.0 cm³/mol. The zero-order valence-corrected chi connectivity index (χ0v) is 13.9. The number of benzene rings is 2. The van der Waals surface area contributed by atoms with E-state index < -0.39 is 6.10 Å². The van der Waals surface area contributed by atoms with Crippen LogP contribution in [0.3, 0.4) is 0 Å². The van der Waals surface area contributed by atoms with Crippen molar-refractivity contribution in [2.75, 3.05) is 13.8 Å². The van der Waals surface area contributed by atoms with E-state index in [1.807, 2.05) is 60.7 Å². The molecule has 0 N–H and O–H groups in total. The van der Waals surface area contributed by atoms with E-state index in [2.05, 4.69) is 4.98 Å². The van der Waals surface area contributed by atoms with Crippen LogP contribution in [0.4, 0.5) is 0 Å². The largest absolute Gasteiger partial charge is 0.487 e. The molecule has 0 aliphatic carbocycles. The van der Waals surface area contributed by atoms with E-state index in [1.165, 1.54) is 0 Å². The van der Waals surface area contributed by atoms with Crippen molar-refractivity contribution in [1.82, 2.24) is 9.88 Å². The van der Waals surface area contributed by atoms with Gasteiger partial charge in [0.2, 0.25) is 0 Å². The first kappa shape index (κ1) is 15.6. The van der Waals surface area contributed by atoms with Crippen LogP contribution in [-0.4, -0.2) is 29.6 Å². The van der Waals surface area contributed by atoms with Crippen LogP contribution in [0.1, 0.15) is 17.4 Å². The van der Waals surface area contributed by atoms with Gasteiger partial charge in [0, 0.05) is 12.4 Å². The quantitative estimate of drug-likeness (QED) is 0.734. The topological polar surface area (TPSA) is 51.7 Å². The Bertz CT molecular complexity index is 925. The molecule has 25 heavy (non-hydrogen) atoms. The number of nitrogens with zero attached hydrogens (tertiary/aromatic N) is 2. The van der Waals surface area contributed by atoms with E-state index in [1.54, 1.807) is 11.9 Å². The van der Waals surface area contributed by atoms with Crippen LogP contribution in [0, 0.1) is 0 Å². The number of carbonyl (C=O) groups excluding carboxylic acids is 1. The Labute approximate surface area is 145 Å². The minimum Gasteiger partial charge on any atom is -0.487 e. The van der Waals surface area contributed by atoms with Crippen molar-refractivity contribution >= 4 is 16.8 Å². The Hall–Kier alpha value is -2.92. The number of ether oxygens (including phenoxy) is 2. The molecular formula is C20H18N2O3. The number of carbonyl (C=O) groups is 1. The standard InChI is InChI=1S/C20H18N2O3/c1-22-13-25-19(20(22)23)15-6-4-7-17(11-15)24-12-16-10-9-14-5-2-3-8-18(14)21-16/h2-11,19H,12-13H2,1H3. The Balaban J connectivity index is 1.49. The molecule has 2 aromatic carbocycles. The summed E-state index contributed by atoms with van der Waals surface area (Å²) in [6.45, 7) is 0.684. The lowest BCUT2D eigenvalue weighted by atomic mass is 10.1. The second-order valence-electron chi connectivity index (χ2n) is 6.07. The molecule has 1 saturated heterocycles. The van der Waals surface area contributed by atoms with Crippen LogP contribution < -0.4 is 4.74 Å². The second kappa shape index (κ2) is 6.53. The molecule has 0 spiro atoms. The molecule has 1 aromatic heterocycles. The van der Waals surface area contributed by atoms with Gasteiger partial charge in [-0.2, -0.15) is 0 Å². The van der Waals surface area contributed by atoms with Gasteiger partial charge in [0.1, 0.15) is 19.1 Å². The molecule has 0 radical (unpaired) electrons. The van der Waals surface area contributed by atoms with E-state index in [0.29, 0.717) is 19.1 Å². The molecule has 0 saturated carbocycles. The zero-order chi connectivity index (χ0) is 17.2. The van der Waals surface area contributed by atoms with Crippen molar-refractivity contribution in [2.45, 2.75) is 12.7 Å². The van der Waals surface area contributed by atoms with Gasteiger partial charge in [-0.25, -0.2) is 4.98 Å². The van der Waals surface area contributed by atoms with Gasteiger partial charge in [-0.3, -0.25) is 4.79 Å². The van der Waals surface area contributed by atoms with Gasteiger partial charge in [0.05, 0.1) is 11.2 Å². The number of aromatic nitrogens is 1. The first-order chi connectivity index (χ1) is 12.2. The van der Waals surface area contributed by atoms with E-state index in [4.69, 9.17) is 9.47 Å². The molecule has 2 heterocycles. The van der Waals surface area contributed by atoms with Crippen LogP contribution in [0.15, 0.2) is 60.7 Å². The van der Waals surface area contributed by atoms with Gasteiger partial charge < -0.3 is 14.4 Å². The SMILES string of the molecule is CN1COC(c2cccc(OCc3ccc4ccccc4n3)c2)C1=O. The van der Waals surface area contributed by atoms with Crippen LogP contribution in [-0.2, 0) is 16.1 Å². The number of likely N-dealkylation sites (N-methyl/N-ethyl adjacent to an activating group) is 1. The van der Waals surface area contributed by atoms with Crippen molar-refractivity contribution in [1.29, 1.82) is 0 Å². The Morgan fingerprint density at radius 2 is 2.04 bits per heavy atom. The molecule has 5 nitrogen and oxygen atoms in total. The molecule has 1 amide bonds. The summed E-state index contributed by atoms with van der Waals surface area (Å²) >= 11 is 0. The lowest BCUT2D eigenvalue weighted by Gasteiger charge is -2.11. The monoisotopic (exact) mass is 334 g/mol. The first-order valence-electron chi connectivity index (χ1n) is 8.15. The maximum atomic E-state index is 12.1. The smallest absolute Gasteiger partial charge is 0.257 e. The minimum absolute atomic E-state index is 0.0339. The summed E-state index contributed by atoms with van der Waals surface area (Å²) < 4.78 is 11.4. The molecule has 1 aliphatic rings. The van der Waals surface area contributed by atoms with Crippen LogP contribution in [0.2, 0.25) is 0 Å². The van der Waals surface area contributed by atoms with Crippen molar-refractivity contribution in [3.8, 4) is 5.75 Å². The summed E-state index contributed by atoms with van der Waals surface area (Å²) in [6, 6.07) is 19.5. The van der Waals surface area contributed by atoms with Gasteiger partial charge in [-0.15, -0.1) is 0 Å². The van der Waals surface area contributed by atoms with Gasteiger partial charge in [0.25, 0.3) is 5.91 Å². The lowest BCUT2D eigenvalue weighted by molar-refractivity contribution is -0.129. The van der Waals surface area contributed by atoms with Gasteiger partial charge in [0.15, 0.2) is 6.10 Å². The minimum atomic E-state index is -0.549. The molecule has 126 valence electrons. The van der Waals surface area contributed by atoms with E-state index in [-0.39, 0.29) is 5.91 Å². The van der Waals surface area contributed by atoms with Crippen LogP contribution in [0.5, 0.6) is 5.75 Å². The zero-order valence-electron chi connectivity index (χ0n) is 13.9. The van der Waals surface area contributed by atoms with Crippen LogP contribution in [0.25, 0.3) is 10.9 Å². The predicted octanol–water partition coefficient (Wildman–Crippen LogP) is 3.30. The number of hydrogen-bond acceptors (Lipinski definition) is 4. The Morgan fingerprint density at radius 1 is 1.16 bits per heavy atom. The number of para-hydroxylation sites is 1. The van der Waals surface area contributed by atoms with E-state index in [9.17, 15) is 4.79 Å². The third kappa shape index (κ3) is 3.19. The molecule has 1 atom stereocenters. The number of fused-ring (bicyclic) bond motifs is 1. The highest BCUT2D eigenvalue weighted by molar-refractivity contribution is 5.83. The van der Waals surface area contributed by atoms with E-state index >= 15 is 0 Å². The van der Waals surface area contributed by atoms with Gasteiger partial charge >= 0.3 is 0 Å². The fraction of sp³-hybridized carbons (Fsp3) is 0.200. The molecular weight excluding hydrogens is 316 g/mol. The summed E-state index contributed by atoms with van der Waals surface area (Å²) in [5.74, 6) is 0.659. The third-order valence-electron chi connectivity index (χ3n) is 4.24. The lowest BCUT2D eigenvalue weighted by Crippen LogP contribution is -2.21. The average Bonchev–Trinajstić information content (AvgIpc) is 2.99. The summed E-state index contributed by atoms with van der Waals surface area (Å²) in [5.41, 5.74) is 2.61. The molecule has 3 aromatic rings. The van der Waals surface area contributed by atoms with Crippen molar-refractivity contribution in [3.63, 3.8) is 0 Å². The molecule has 0 bridgehead atoms. The molecule has 1 fully saturated rings. The van der Waals surface area contributed by atoms with Crippen molar-refractivity contribution in [3.05, 3.63) is 71.9 Å². The highest BCUT2D eigenvalue weighted by Crippen LogP contribution is 2.28. The number of rotatable bonds is 4. The Kier molecular flexibility index (Phi) is 4.07. The normalized spacial score (nSPS) is 17.2. The molecule has 4 rings (SSSR count). The number of amides is 1. The molecule has 1 unspecified atom stereocenters. The summed E-state index contributed by atoms with van der Waals surface area (Å²) in [7, 11) is 1.73. The maximum Gasteiger partial charge on any atom is 0.257 e. The van der Waals surface area contributed by atoms with Crippen LogP contribution >= 0.6 is 0 Å². The summed E-state index contributed by atoms with van der Waals surface area (Å²) in [6.07, 6.45) is -0.549. The Morgan fingerprint density at radius 3 is 2.88 bits per heavy atom. The molecule has 5 heteroatoms. The first-order valence-corrected chi connectivity index (χ1v) is 8.15. The van der Waals surface area contributed by atoms with Crippen molar-refractivity contribution < 1.29 is 14.3 Å². The average molecular weight is 334 g/mol. The summed E-state index contributed by atoms with van der Waals surface area (Å²) in [4.78, 5) is 18.2. The maximum absolute atomic E-state index is 12.1. The number of hydrogen-bond donors (Lipinski definition) is 0. The highest BCUT2D eigenvalue weighted by atomic mass is 16.5.